The first-order valence-electron chi connectivity index (χ1n) is 10.6. The van der Waals surface area contributed by atoms with Gasteiger partial charge < -0.3 is 10.1 Å². The smallest absolute Gasteiger partial charge is 0.243 e. The summed E-state index contributed by atoms with van der Waals surface area (Å²) in [5.74, 6) is 0.121. The van der Waals surface area contributed by atoms with E-state index >= 15 is 0 Å². The fraction of sp³-hybridized carbons (Fsp3) is 0.435. The maximum atomic E-state index is 13.2. The molecule has 0 saturated carbocycles. The lowest BCUT2D eigenvalue weighted by Gasteiger charge is -2.31. The van der Waals surface area contributed by atoms with Gasteiger partial charge in [0.1, 0.15) is 5.75 Å². The highest BCUT2D eigenvalue weighted by molar-refractivity contribution is 7.89. The van der Waals surface area contributed by atoms with Crippen LogP contribution >= 0.6 is 11.6 Å². The zero-order chi connectivity index (χ0) is 22.0. The highest BCUT2D eigenvalue weighted by atomic mass is 35.5. The number of nitrogens with one attached hydrogen (secondary N) is 1. The van der Waals surface area contributed by atoms with Crippen LogP contribution in [0.4, 0.5) is 5.69 Å². The average molecular weight is 463 g/mol. The molecule has 1 amide bonds. The number of hydrogen-bond acceptors (Lipinski definition) is 4. The maximum absolute atomic E-state index is 13.2. The molecule has 166 valence electrons. The Morgan fingerprint density at radius 3 is 2.48 bits per heavy atom. The van der Waals surface area contributed by atoms with Gasteiger partial charge in [0, 0.05) is 24.0 Å². The zero-order valence-corrected chi connectivity index (χ0v) is 19.1. The number of nitrogens with zero attached hydrogens (tertiary/aromatic N) is 1. The van der Waals surface area contributed by atoms with Crippen molar-refractivity contribution in [3.63, 3.8) is 0 Å². The first kappa shape index (κ1) is 22.1. The van der Waals surface area contributed by atoms with Gasteiger partial charge in [-0.25, -0.2) is 8.42 Å². The quantitative estimate of drug-likeness (QED) is 0.720. The Kier molecular flexibility index (Phi) is 6.55. The number of sulfonamides is 1. The van der Waals surface area contributed by atoms with E-state index in [0.717, 1.165) is 31.2 Å². The summed E-state index contributed by atoms with van der Waals surface area (Å²) in [7, 11) is -2.02. The van der Waals surface area contributed by atoms with Gasteiger partial charge in [-0.2, -0.15) is 4.31 Å². The van der Waals surface area contributed by atoms with Crippen LogP contribution < -0.4 is 10.1 Å². The summed E-state index contributed by atoms with van der Waals surface area (Å²) in [6.45, 7) is 0.647. The van der Waals surface area contributed by atoms with E-state index in [0.29, 0.717) is 47.3 Å². The van der Waals surface area contributed by atoms with Crippen molar-refractivity contribution in [2.75, 3.05) is 25.5 Å². The van der Waals surface area contributed by atoms with E-state index in [1.807, 2.05) is 12.1 Å². The lowest BCUT2D eigenvalue weighted by molar-refractivity contribution is -0.120. The number of carbonyl (C=O) groups excluding carboxylic acids is 1. The van der Waals surface area contributed by atoms with Crippen molar-refractivity contribution in [3.8, 4) is 5.75 Å². The van der Waals surface area contributed by atoms with Crippen molar-refractivity contribution < 1.29 is 17.9 Å². The molecular weight excluding hydrogens is 436 g/mol. The van der Waals surface area contributed by atoms with Gasteiger partial charge in [0.15, 0.2) is 0 Å². The van der Waals surface area contributed by atoms with E-state index in [2.05, 4.69) is 5.32 Å². The van der Waals surface area contributed by atoms with Crippen molar-refractivity contribution in [3.05, 3.63) is 52.5 Å². The number of hydrogen-bond donors (Lipinski definition) is 1. The Hall–Kier alpha value is -2.09. The average Bonchev–Trinajstić information content (AvgIpc) is 2.79. The first-order chi connectivity index (χ1) is 14.9. The normalized spacial score (nSPS) is 17.7. The number of methoxy groups -OCH3 is 1. The van der Waals surface area contributed by atoms with Gasteiger partial charge in [0.25, 0.3) is 0 Å². The van der Waals surface area contributed by atoms with Gasteiger partial charge >= 0.3 is 0 Å². The largest absolute Gasteiger partial charge is 0.495 e. The Morgan fingerprint density at radius 1 is 1.06 bits per heavy atom. The summed E-state index contributed by atoms with van der Waals surface area (Å²) in [5.41, 5.74) is 2.93. The second-order valence-corrected chi connectivity index (χ2v) is 10.5. The first-order valence-corrected chi connectivity index (χ1v) is 12.5. The second kappa shape index (κ2) is 9.18. The Labute approximate surface area is 188 Å². The summed E-state index contributed by atoms with van der Waals surface area (Å²) >= 11 is 6.03. The van der Waals surface area contributed by atoms with Crippen LogP contribution in [-0.4, -0.2) is 38.8 Å². The molecule has 1 fully saturated rings. The van der Waals surface area contributed by atoms with Gasteiger partial charge in [0.05, 0.1) is 17.7 Å². The highest BCUT2D eigenvalue weighted by Gasteiger charge is 2.32. The van der Waals surface area contributed by atoms with Crippen molar-refractivity contribution in [1.29, 1.82) is 0 Å². The minimum absolute atomic E-state index is 0.147. The molecule has 1 saturated heterocycles. The lowest BCUT2D eigenvalue weighted by atomic mass is 9.92. The third-order valence-electron chi connectivity index (χ3n) is 6.20. The number of aryl methyl sites for hydroxylation is 2. The van der Waals surface area contributed by atoms with E-state index in [1.165, 1.54) is 17.0 Å². The fourth-order valence-electron chi connectivity index (χ4n) is 4.39. The number of anilines is 1. The molecule has 0 atom stereocenters. The molecule has 1 aliphatic heterocycles. The number of fused-ring (bicyclic) bond motifs is 1. The molecule has 1 aliphatic carbocycles. The predicted octanol–water partition coefficient (Wildman–Crippen LogP) is 4.27. The molecule has 1 heterocycles. The topological polar surface area (TPSA) is 75.7 Å². The third kappa shape index (κ3) is 4.73. The Balaban J connectivity index is 1.41. The number of ether oxygens (including phenoxy) is 1. The molecule has 2 aromatic carbocycles. The second-order valence-electron chi connectivity index (χ2n) is 8.15. The number of benzene rings is 2. The lowest BCUT2D eigenvalue weighted by Crippen LogP contribution is -2.41. The van der Waals surface area contributed by atoms with E-state index in [1.54, 1.807) is 24.3 Å². The molecule has 4 rings (SSSR count). The fourth-order valence-corrected chi connectivity index (χ4v) is 6.08. The van der Waals surface area contributed by atoms with Crippen LogP contribution in [0.3, 0.4) is 0 Å². The molecule has 0 bridgehead atoms. The van der Waals surface area contributed by atoms with Gasteiger partial charge in [-0.05, 0) is 80.0 Å². The van der Waals surface area contributed by atoms with Gasteiger partial charge in [0.2, 0.25) is 15.9 Å². The van der Waals surface area contributed by atoms with Crippen LogP contribution in [0.2, 0.25) is 5.02 Å². The van der Waals surface area contributed by atoms with E-state index < -0.39 is 10.0 Å². The number of halogens is 1. The van der Waals surface area contributed by atoms with Crippen LogP contribution in [0.25, 0.3) is 0 Å². The molecule has 1 N–H and O–H groups in total. The molecule has 2 aromatic rings. The summed E-state index contributed by atoms with van der Waals surface area (Å²) in [4.78, 5) is 13.1. The number of amides is 1. The number of piperidine rings is 1. The predicted molar refractivity (Wildman–Crippen MR) is 121 cm³/mol. The van der Waals surface area contributed by atoms with Crippen molar-refractivity contribution >= 4 is 33.2 Å². The minimum atomic E-state index is -3.56. The monoisotopic (exact) mass is 462 g/mol. The molecule has 0 radical (unpaired) electrons. The van der Waals surface area contributed by atoms with Crippen molar-refractivity contribution in [2.45, 2.75) is 43.4 Å². The van der Waals surface area contributed by atoms with E-state index in [9.17, 15) is 13.2 Å². The number of carbonyl (C=O) groups is 1. The molecule has 31 heavy (non-hydrogen) atoms. The molecule has 6 nitrogen and oxygen atoms in total. The van der Waals surface area contributed by atoms with Gasteiger partial charge in [-0.3, -0.25) is 4.79 Å². The molecular formula is C23H27ClN2O4S. The molecule has 0 unspecified atom stereocenters. The number of rotatable bonds is 5. The summed E-state index contributed by atoms with van der Waals surface area (Å²) in [5, 5.41) is 3.38. The molecule has 8 heteroatoms. The maximum Gasteiger partial charge on any atom is 0.243 e. The van der Waals surface area contributed by atoms with Gasteiger partial charge in [-0.1, -0.05) is 17.7 Å². The Bertz CT molecular complexity index is 1080. The zero-order valence-electron chi connectivity index (χ0n) is 17.6. The standard InChI is InChI=1S/C23H27ClN2O4S/c1-30-22-9-7-19(24)15-21(22)25-23(27)17-10-12-26(13-11-17)31(28,29)20-8-6-16-4-2-3-5-18(16)14-20/h6-9,14-15,17H,2-5,10-13H2,1H3,(H,25,27). The third-order valence-corrected chi connectivity index (χ3v) is 8.33. The Morgan fingerprint density at radius 2 is 1.77 bits per heavy atom. The SMILES string of the molecule is COc1ccc(Cl)cc1NC(=O)C1CCN(S(=O)(=O)c2ccc3c(c2)CCCC3)CC1. The van der Waals surface area contributed by atoms with Crippen LogP contribution in [0.1, 0.15) is 36.8 Å². The van der Waals surface area contributed by atoms with E-state index in [-0.39, 0.29) is 11.8 Å². The summed E-state index contributed by atoms with van der Waals surface area (Å²) in [6, 6.07) is 10.6. The molecule has 0 aromatic heterocycles. The van der Waals surface area contributed by atoms with Gasteiger partial charge in [-0.15, -0.1) is 0 Å². The highest BCUT2D eigenvalue weighted by Crippen LogP contribution is 2.31. The van der Waals surface area contributed by atoms with Crippen molar-refractivity contribution in [1.82, 2.24) is 4.31 Å². The van der Waals surface area contributed by atoms with Crippen LogP contribution in [0.5, 0.6) is 5.75 Å². The van der Waals surface area contributed by atoms with Crippen molar-refractivity contribution in [2.24, 2.45) is 5.92 Å². The summed E-state index contributed by atoms with van der Waals surface area (Å²) in [6.07, 6.45) is 5.17. The molecule has 2 aliphatic rings. The van der Waals surface area contributed by atoms with E-state index in [4.69, 9.17) is 16.3 Å². The van der Waals surface area contributed by atoms with Crippen LogP contribution in [0, 0.1) is 5.92 Å². The summed E-state index contributed by atoms with van der Waals surface area (Å²) < 4.78 is 33.1. The van der Waals surface area contributed by atoms with Crippen LogP contribution in [-0.2, 0) is 27.7 Å². The minimum Gasteiger partial charge on any atom is -0.495 e. The van der Waals surface area contributed by atoms with Crippen LogP contribution in [0.15, 0.2) is 41.3 Å². The molecule has 0 spiro atoms.